The van der Waals surface area contributed by atoms with Gasteiger partial charge in [-0.3, -0.25) is 4.79 Å². The number of thiazole rings is 1. The molecule has 1 amide bonds. The number of halogens is 4. The Morgan fingerprint density at radius 1 is 1.21 bits per heavy atom. The van der Waals surface area contributed by atoms with E-state index in [9.17, 15) is 32.3 Å². The zero-order valence-electron chi connectivity index (χ0n) is 14.9. The number of hydrogen-bond acceptors (Lipinski definition) is 3. The molecule has 0 aliphatic rings. The number of aliphatic carboxylic acids is 1. The Balaban J connectivity index is 2.20. The Morgan fingerprint density at radius 2 is 1.93 bits per heavy atom. The molecule has 1 atom stereocenters. The van der Waals surface area contributed by atoms with E-state index >= 15 is 0 Å². The lowest BCUT2D eigenvalue weighted by Gasteiger charge is -2.13. The first-order valence-corrected chi connectivity index (χ1v) is 9.23. The molecule has 3 rings (SSSR count). The highest BCUT2D eigenvalue weighted by Gasteiger charge is 2.31. The van der Waals surface area contributed by atoms with Gasteiger partial charge in [-0.1, -0.05) is 24.3 Å². The standard InChI is InChI=1S/C19H14F4N2O3S/c1-2-13(17(27)28)25-14-9-12(20)6-7-15(14)29-18(25)24-16(26)10-4-3-5-11(8-10)19(21,22)23/h3-9,13H,2H2,1H3,(H,27,28)/b24-18-. The van der Waals surface area contributed by atoms with Gasteiger partial charge in [0, 0.05) is 5.56 Å². The number of alkyl halides is 3. The summed E-state index contributed by atoms with van der Waals surface area (Å²) in [5.41, 5.74) is -1.06. The first kappa shape index (κ1) is 20.7. The third-order valence-electron chi connectivity index (χ3n) is 4.21. The van der Waals surface area contributed by atoms with Gasteiger partial charge in [-0.15, -0.1) is 0 Å². The third kappa shape index (κ3) is 4.21. The van der Waals surface area contributed by atoms with E-state index in [0.29, 0.717) is 10.8 Å². The summed E-state index contributed by atoms with van der Waals surface area (Å²) in [6.07, 6.45) is -4.50. The van der Waals surface area contributed by atoms with Crippen molar-refractivity contribution in [3.63, 3.8) is 0 Å². The molecule has 1 aromatic heterocycles. The molecule has 0 saturated heterocycles. The van der Waals surface area contributed by atoms with Gasteiger partial charge in [-0.25, -0.2) is 9.18 Å². The zero-order valence-corrected chi connectivity index (χ0v) is 15.7. The fraction of sp³-hybridized carbons (Fsp3) is 0.211. The largest absolute Gasteiger partial charge is 0.480 e. The summed E-state index contributed by atoms with van der Waals surface area (Å²) in [6.45, 7) is 1.60. The molecule has 152 valence electrons. The number of carbonyl (C=O) groups excluding carboxylic acids is 1. The normalized spacial score (nSPS) is 13.6. The molecule has 1 unspecified atom stereocenters. The summed E-state index contributed by atoms with van der Waals surface area (Å²) < 4.78 is 54.1. The second-order valence-electron chi connectivity index (χ2n) is 6.12. The second-order valence-corrected chi connectivity index (χ2v) is 7.13. The molecular weight excluding hydrogens is 412 g/mol. The van der Waals surface area contributed by atoms with Gasteiger partial charge in [0.25, 0.3) is 5.91 Å². The highest BCUT2D eigenvalue weighted by Crippen LogP contribution is 2.30. The number of hydrogen-bond donors (Lipinski definition) is 1. The van der Waals surface area contributed by atoms with E-state index in [-0.39, 0.29) is 22.3 Å². The van der Waals surface area contributed by atoms with Crippen LogP contribution in [0.5, 0.6) is 0 Å². The van der Waals surface area contributed by atoms with Crippen molar-refractivity contribution in [1.82, 2.24) is 4.57 Å². The smallest absolute Gasteiger partial charge is 0.416 e. The average molecular weight is 426 g/mol. The number of fused-ring (bicyclic) bond motifs is 1. The van der Waals surface area contributed by atoms with Crippen molar-refractivity contribution in [2.75, 3.05) is 0 Å². The summed E-state index contributed by atoms with van der Waals surface area (Å²) >= 11 is 0.950. The van der Waals surface area contributed by atoms with E-state index in [2.05, 4.69) is 4.99 Å². The maximum Gasteiger partial charge on any atom is 0.416 e. The second kappa shape index (κ2) is 7.78. The molecule has 0 aliphatic heterocycles. The molecular formula is C19H14F4N2O3S. The van der Waals surface area contributed by atoms with Crippen LogP contribution in [0, 0.1) is 5.82 Å². The third-order valence-corrected chi connectivity index (χ3v) is 5.24. The molecule has 0 saturated carbocycles. The van der Waals surface area contributed by atoms with Crippen LogP contribution in [0.3, 0.4) is 0 Å². The number of carbonyl (C=O) groups is 2. The van der Waals surface area contributed by atoms with Crippen LogP contribution >= 0.6 is 11.3 Å². The van der Waals surface area contributed by atoms with E-state index in [1.54, 1.807) is 6.92 Å². The van der Waals surface area contributed by atoms with Crippen molar-refractivity contribution in [2.24, 2.45) is 4.99 Å². The molecule has 0 spiro atoms. The van der Waals surface area contributed by atoms with Crippen LogP contribution in [-0.4, -0.2) is 21.6 Å². The van der Waals surface area contributed by atoms with Gasteiger partial charge in [0.1, 0.15) is 11.9 Å². The molecule has 1 N–H and O–H groups in total. The Labute approximate surface area is 165 Å². The van der Waals surface area contributed by atoms with E-state index in [4.69, 9.17) is 0 Å². The quantitative estimate of drug-likeness (QED) is 0.618. The summed E-state index contributed by atoms with van der Waals surface area (Å²) in [4.78, 5) is 28.0. The fourth-order valence-electron chi connectivity index (χ4n) is 2.84. The van der Waals surface area contributed by atoms with Crippen LogP contribution in [0.1, 0.15) is 35.3 Å². The van der Waals surface area contributed by atoms with Crippen molar-refractivity contribution in [2.45, 2.75) is 25.6 Å². The van der Waals surface area contributed by atoms with Crippen LogP contribution in [0.2, 0.25) is 0 Å². The molecule has 0 radical (unpaired) electrons. The van der Waals surface area contributed by atoms with Crippen molar-refractivity contribution in [3.05, 3.63) is 64.2 Å². The summed E-state index contributed by atoms with van der Waals surface area (Å²) in [5.74, 6) is -2.76. The van der Waals surface area contributed by atoms with E-state index in [1.807, 2.05) is 0 Å². The molecule has 0 aliphatic carbocycles. The Hall–Kier alpha value is -3.01. The zero-order chi connectivity index (χ0) is 21.3. The monoisotopic (exact) mass is 426 g/mol. The average Bonchev–Trinajstić information content (AvgIpc) is 2.99. The number of carboxylic acid groups (broad SMARTS) is 1. The summed E-state index contributed by atoms with van der Waals surface area (Å²) in [7, 11) is 0. The Bertz CT molecular complexity index is 1160. The van der Waals surface area contributed by atoms with Crippen molar-refractivity contribution in [3.8, 4) is 0 Å². The number of aromatic nitrogens is 1. The van der Waals surface area contributed by atoms with E-state index in [1.165, 1.54) is 22.8 Å². The van der Waals surface area contributed by atoms with Crippen molar-refractivity contribution in [1.29, 1.82) is 0 Å². The van der Waals surface area contributed by atoms with Gasteiger partial charge < -0.3 is 9.67 Å². The number of carboxylic acids is 1. The lowest BCUT2D eigenvalue weighted by atomic mass is 10.1. The van der Waals surface area contributed by atoms with Crippen LogP contribution in [-0.2, 0) is 11.0 Å². The number of rotatable bonds is 4. The highest BCUT2D eigenvalue weighted by molar-refractivity contribution is 7.16. The number of benzene rings is 2. The minimum Gasteiger partial charge on any atom is -0.480 e. The van der Waals surface area contributed by atoms with Crippen LogP contribution in [0.25, 0.3) is 10.2 Å². The maximum absolute atomic E-state index is 13.7. The number of amides is 1. The number of nitrogens with zero attached hydrogens (tertiary/aromatic N) is 2. The first-order valence-electron chi connectivity index (χ1n) is 8.41. The van der Waals surface area contributed by atoms with E-state index < -0.39 is 35.5 Å². The van der Waals surface area contributed by atoms with Gasteiger partial charge in [-0.2, -0.15) is 18.2 Å². The van der Waals surface area contributed by atoms with Gasteiger partial charge in [0.2, 0.25) is 0 Å². The molecule has 29 heavy (non-hydrogen) atoms. The molecule has 10 heteroatoms. The molecule has 2 aromatic carbocycles. The first-order chi connectivity index (χ1) is 13.6. The van der Waals surface area contributed by atoms with Crippen LogP contribution in [0.15, 0.2) is 47.5 Å². The molecule has 5 nitrogen and oxygen atoms in total. The topological polar surface area (TPSA) is 71.7 Å². The minimum absolute atomic E-state index is 0.0396. The maximum atomic E-state index is 13.7. The predicted molar refractivity (Wildman–Crippen MR) is 98.1 cm³/mol. The van der Waals surface area contributed by atoms with Crippen molar-refractivity contribution >= 4 is 33.4 Å². The van der Waals surface area contributed by atoms with Gasteiger partial charge in [0.05, 0.1) is 15.8 Å². The van der Waals surface area contributed by atoms with Crippen LogP contribution < -0.4 is 4.80 Å². The van der Waals surface area contributed by atoms with Crippen LogP contribution in [0.4, 0.5) is 17.6 Å². The lowest BCUT2D eigenvalue weighted by molar-refractivity contribution is -0.141. The molecule has 0 fully saturated rings. The van der Waals surface area contributed by atoms with E-state index in [0.717, 1.165) is 29.5 Å². The lowest BCUT2D eigenvalue weighted by Crippen LogP contribution is -2.27. The van der Waals surface area contributed by atoms with Gasteiger partial charge in [-0.05, 0) is 42.8 Å². The molecule has 3 aromatic rings. The fourth-order valence-corrected chi connectivity index (χ4v) is 3.89. The molecule has 1 heterocycles. The predicted octanol–water partition coefficient (Wildman–Crippen LogP) is 4.64. The Morgan fingerprint density at radius 3 is 2.55 bits per heavy atom. The Kier molecular flexibility index (Phi) is 5.56. The molecule has 0 bridgehead atoms. The highest BCUT2D eigenvalue weighted by atomic mass is 32.1. The minimum atomic E-state index is -4.62. The SMILES string of the molecule is CCC(C(=O)O)n1/c(=N/C(=O)c2cccc(C(F)(F)F)c2)sc2ccc(F)cc21. The summed E-state index contributed by atoms with van der Waals surface area (Å²) in [5, 5.41) is 9.51. The van der Waals surface area contributed by atoms with Crippen molar-refractivity contribution < 1.29 is 32.3 Å². The van der Waals surface area contributed by atoms with Gasteiger partial charge >= 0.3 is 12.1 Å². The summed E-state index contributed by atoms with van der Waals surface area (Å²) in [6, 6.07) is 6.40. The van der Waals surface area contributed by atoms with Gasteiger partial charge in [0.15, 0.2) is 4.80 Å².